The van der Waals surface area contributed by atoms with Crippen LogP contribution in [-0.2, 0) is 0 Å². The molecular formula is C25H27FN2O2. The molecule has 30 heavy (non-hydrogen) atoms. The van der Waals surface area contributed by atoms with Gasteiger partial charge in [0.2, 0.25) is 0 Å². The summed E-state index contributed by atoms with van der Waals surface area (Å²) in [7, 11) is 0. The van der Waals surface area contributed by atoms with Gasteiger partial charge in [-0.25, -0.2) is 14.4 Å². The summed E-state index contributed by atoms with van der Waals surface area (Å²) >= 11 is 0. The van der Waals surface area contributed by atoms with Crippen LogP contribution in [0.4, 0.5) is 4.39 Å². The van der Waals surface area contributed by atoms with Crippen LogP contribution in [0.1, 0.15) is 57.3 Å². The first kappa shape index (κ1) is 21.7. The Kier molecular flexibility index (Phi) is 6.95. The SMILES string of the molecule is CCC(C)=C(C1=CC=C(C)CC1)/C(=C(\O)c1ccc(F)cc1)C(O)c1cncnc1. The minimum atomic E-state index is -1.14. The zero-order valence-corrected chi connectivity index (χ0v) is 17.6. The maximum Gasteiger partial charge on any atom is 0.129 e. The van der Waals surface area contributed by atoms with Gasteiger partial charge in [0.15, 0.2) is 0 Å². The lowest BCUT2D eigenvalue weighted by molar-refractivity contribution is 0.215. The first-order valence-corrected chi connectivity index (χ1v) is 10.1. The van der Waals surface area contributed by atoms with Gasteiger partial charge in [-0.15, -0.1) is 0 Å². The molecule has 2 N–H and O–H groups in total. The van der Waals surface area contributed by atoms with Gasteiger partial charge in [0, 0.05) is 29.1 Å². The number of allylic oxidation sites excluding steroid dienone is 5. The highest BCUT2D eigenvalue weighted by Crippen LogP contribution is 2.40. The zero-order valence-electron chi connectivity index (χ0n) is 17.6. The van der Waals surface area contributed by atoms with Crippen LogP contribution in [-0.4, -0.2) is 20.2 Å². The average molecular weight is 407 g/mol. The van der Waals surface area contributed by atoms with E-state index in [0.29, 0.717) is 16.7 Å². The molecule has 3 rings (SSSR count). The van der Waals surface area contributed by atoms with E-state index in [1.807, 2.05) is 13.8 Å². The molecule has 1 aliphatic carbocycles. The zero-order chi connectivity index (χ0) is 21.7. The number of aromatic nitrogens is 2. The summed E-state index contributed by atoms with van der Waals surface area (Å²) in [6, 6.07) is 5.61. The van der Waals surface area contributed by atoms with Crippen LogP contribution < -0.4 is 0 Å². The Hall–Kier alpha value is -3.05. The van der Waals surface area contributed by atoms with Gasteiger partial charge >= 0.3 is 0 Å². The maximum atomic E-state index is 13.5. The van der Waals surface area contributed by atoms with E-state index in [2.05, 4.69) is 29.0 Å². The van der Waals surface area contributed by atoms with Crippen molar-refractivity contribution in [3.05, 3.63) is 99.9 Å². The highest BCUT2D eigenvalue weighted by Gasteiger charge is 2.27. The molecule has 0 saturated carbocycles. The standard InChI is InChI=1S/C25H27FN2O2/c1-4-17(3)22(18-7-5-16(2)6-8-18)23(25(30)20-13-27-15-28-14-20)24(29)19-9-11-21(26)12-10-19/h5,7,9-15,25,29-30H,4,6,8H2,1-3H3/b22-17?,24-23+. The second-order valence-electron chi connectivity index (χ2n) is 7.56. The Labute approximate surface area is 176 Å². The Bertz CT molecular complexity index is 1020. The van der Waals surface area contributed by atoms with Crippen molar-refractivity contribution in [2.45, 2.75) is 46.1 Å². The minimum absolute atomic E-state index is 0.0821. The normalized spacial score (nSPS) is 16.8. The summed E-state index contributed by atoms with van der Waals surface area (Å²) in [6.07, 6.45) is 9.95. The number of halogens is 1. The van der Waals surface area contributed by atoms with Crippen LogP contribution in [0, 0.1) is 5.82 Å². The third-order valence-corrected chi connectivity index (χ3v) is 5.45. The molecule has 1 aromatic heterocycles. The molecule has 0 spiro atoms. The molecule has 5 heteroatoms. The van der Waals surface area contributed by atoms with Crippen molar-refractivity contribution in [3.8, 4) is 0 Å². The molecule has 0 fully saturated rings. The van der Waals surface area contributed by atoms with Crippen molar-refractivity contribution in [2.24, 2.45) is 0 Å². The molecule has 1 aromatic carbocycles. The molecule has 0 bridgehead atoms. The lowest BCUT2D eigenvalue weighted by Gasteiger charge is -2.25. The Morgan fingerprint density at radius 3 is 2.33 bits per heavy atom. The van der Waals surface area contributed by atoms with E-state index in [1.54, 1.807) is 0 Å². The number of hydrogen-bond donors (Lipinski definition) is 2. The Morgan fingerprint density at radius 1 is 1.10 bits per heavy atom. The second-order valence-corrected chi connectivity index (χ2v) is 7.56. The van der Waals surface area contributed by atoms with E-state index in [1.165, 1.54) is 48.6 Å². The summed E-state index contributed by atoms with van der Waals surface area (Å²) in [6.45, 7) is 6.14. The van der Waals surface area contributed by atoms with E-state index >= 15 is 0 Å². The summed E-state index contributed by atoms with van der Waals surface area (Å²) in [5, 5.41) is 22.6. The quantitative estimate of drug-likeness (QED) is 0.455. The third-order valence-electron chi connectivity index (χ3n) is 5.45. The fraction of sp³-hybridized carbons (Fsp3) is 0.280. The van der Waals surface area contributed by atoms with Crippen LogP contribution in [0.2, 0.25) is 0 Å². The molecule has 0 aliphatic heterocycles. The molecule has 1 atom stereocenters. The van der Waals surface area contributed by atoms with Gasteiger partial charge in [0.1, 0.15) is 24.0 Å². The van der Waals surface area contributed by atoms with E-state index < -0.39 is 6.10 Å². The molecule has 1 heterocycles. The van der Waals surface area contributed by atoms with Crippen LogP contribution in [0.25, 0.3) is 5.76 Å². The lowest BCUT2D eigenvalue weighted by atomic mass is 9.82. The van der Waals surface area contributed by atoms with E-state index in [-0.39, 0.29) is 11.6 Å². The molecule has 2 aromatic rings. The summed E-state index contributed by atoms with van der Waals surface area (Å²) in [5.74, 6) is -0.470. The number of hydrogen-bond acceptors (Lipinski definition) is 4. The predicted molar refractivity (Wildman–Crippen MR) is 117 cm³/mol. The largest absolute Gasteiger partial charge is 0.507 e. The van der Waals surface area contributed by atoms with E-state index in [4.69, 9.17) is 0 Å². The summed E-state index contributed by atoms with van der Waals surface area (Å²) in [4.78, 5) is 8.03. The van der Waals surface area contributed by atoms with Gasteiger partial charge in [-0.1, -0.05) is 30.2 Å². The van der Waals surface area contributed by atoms with Crippen LogP contribution in [0.15, 0.2) is 83.0 Å². The summed E-state index contributed by atoms with van der Waals surface area (Å²) < 4.78 is 13.5. The fourth-order valence-corrected chi connectivity index (χ4v) is 3.57. The van der Waals surface area contributed by atoms with Gasteiger partial charge in [-0.05, 0) is 68.5 Å². The lowest BCUT2D eigenvalue weighted by Crippen LogP contribution is -2.12. The molecule has 156 valence electrons. The van der Waals surface area contributed by atoms with Gasteiger partial charge < -0.3 is 10.2 Å². The van der Waals surface area contributed by atoms with E-state index in [0.717, 1.165) is 36.0 Å². The maximum absolute atomic E-state index is 13.5. The third kappa shape index (κ3) is 4.74. The van der Waals surface area contributed by atoms with Crippen molar-refractivity contribution in [2.75, 3.05) is 0 Å². The molecular weight excluding hydrogens is 379 g/mol. The van der Waals surface area contributed by atoms with Gasteiger partial charge in [-0.3, -0.25) is 0 Å². The van der Waals surface area contributed by atoms with Crippen molar-refractivity contribution >= 4 is 5.76 Å². The van der Waals surface area contributed by atoms with Crippen LogP contribution in [0.5, 0.6) is 0 Å². The monoisotopic (exact) mass is 406 g/mol. The minimum Gasteiger partial charge on any atom is -0.507 e. The smallest absolute Gasteiger partial charge is 0.129 e. The first-order chi connectivity index (χ1) is 14.4. The number of nitrogens with zero attached hydrogens (tertiary/aromatic N) is 2. The van der Waals surface area contributed by atoms with Crippen molar-refractivity contribution < 1.29 is 14.6 Å². The van der Waals surface area contributed by atoms with Crippen molar-refractivity contribution in [3.63, 3.8) is 0 Å². The molecule has 1 unspecified atom stereocenters. The molecule has 0 radical (unpaired) electrons. The average Bonchev–Trinajstić information content (AvgIpc) is 2.78. The van der Waals surface area contributed by atoms with E-state index in [9.17, 15) is 14.6 Å². The van der Waals surface area contributed by atoms with Gasteiger partial charge in [0.25, 0.3) is 0 Å². The Morgan fingerprint density at radius 2 is 1.77 bits per heavy atom. The topological polar surface area (TPSA) is 66.2 Å². The van der Waals surface area contributed by atoms with Gasteiger partial charge in [0.05, 0.1) is 0 Å². The highest BCUT2D eigenvalue weighted by atomic mass is 19.1. The molecule has 1 aliphatic rings. The molecule has 0 amide bonds. The highest BCUT2D eigenvalue weighted by molar-refractivity contribution is 5.72. The van der Waals surface area contributed by atoms with Crippen LogP contribution in [0.3, 0.4) is 0 Å². The van der Waals surface area contributed by atoms with Crippen molar-refractivity contribution in [1.82, 2.24) is 9.97 Å². The van der Waals surface area contributed by atoms with Crippen LogP contribution >= 0.6 is 0 Å². The molecule has 4 nitrogen and oxygen atoms in total. The Balaban J connectivity index is 2.26. The first-order valence-electron chi connectivity index (χ1n) is 10.1. The van der Waals surface area contributed by atoms with Crippen molar-refractivity contribution in [1.29, 1.82) is 0 Å². The predicted octanol–water partition coefficient (Wildman–Crippen LogP) is 6.01. The second kappa shape index (κ2) is 9.63. The molecule has 0 saturated heterocycles. The van der Waals surface area contributed by atoms with Gasteiger partial charge in [-0.2, -0.15) is 0 Å². The number of benzene rings is 1. The number of rotatable bonds is 6. The number of aliphatic hydroxyl groups excluding tert-OH is 2. The summed E-state index contributed by atoms with van der Waals surface area (Å²) in [5.41, 5.74) is 5.53. The fourth-order valence-electron chi connectivity index (χ4n) is 3.57. The number of aliphatic hydroxyl groups is 2.